The molecule has 0 radical (unpaired) electrons. The quantitative estimate of drug-likeness (QED) is 0.819. The standard InChI is InChI=1S/C15H22F3N3OS.ClH/c1-10(2)11-3-8-23-13(11)14(22)20-9-12(15(16,17)18)21-6-4-19-5-7-21;/h3,8,10,12,19H,4-7,9H2,1-2H3,(H,20,22);1H. The molecular formula is C15H23ClF3N3OS. The van der Waals surface area contributed by atoms with E-state index < -0.39 is 24.7 Å². The largest absolute Gasteiger partial charge is 0.405 e. The second kappa shape index (κ2) is 9.03. The first-order valence-electron chi connectivity index (χ1n) is 7.67. The third kappa shape index (κ3) is 5.34. The fourth-order valence-electron chi connectivity index (χ4n) is 2.67. The Morgan fingerprint density at radius 1 is 1.38 bits per heavy atom. The maximum absolute atomic E-state index is 13.3. The van der Waals surface area contributed by atoms with Crippen LogP contribution >= 0.6 is 23.7 Å². The lowest BCUT2D eigenvalue weighted by atomic mass is 10.0. The SMILES string of the molecule is CC(C)c1ccsc1C(=O)NCC(N1CCNCC1)C(F)(F)F.Cl. The average molecular weight is 386 g/mol. The molecule has 9 heteroatoms. The van der Waals surface area contributed by atoms with E-state index in [0.29, 0.717) is 31.1 Å². The van der Waals surface area contributed by atoms with Crippen molar-refractivity contribution >= 4 is 29.7 Å². The van der Waals surface area contributed by atoms with Crippen LogP contribution in [-0.4, -0.2) is 55.7 Å². The highest BCUT2D eigenvalue weighted by Gasteiger charge is 2.43. The van der Waals surface area contributed by atoms with Gasteiger partial charge in [-0.3, -0.25) is 9.69 Å². The minimum absolute atomic E-state index is 0. The predicted octanol–water partition coefficient (Wildman–Crippen LogP) is 2.86. The van der Waals surface area contributed by atoms with Crippen LogP contribution in [0.1, 0.15) is 35.0 Å². The van der Waals surface area contributed by atoms with E-state index in [1.165, 1.54) is 16.2 Å². The average Bonchev–Trinajstić information content (AvgIpc) is 2.96. The number of hydrogen-bond donors (Lipinski definition) is 2. The highest BCUT2D eigenvalue weighted by Crippen LogP contribution is 2.26. The summed E-state index contributed by atoms with van der Waals surface area (Å²) in [5.74, 6) is -0.262. The lowest BCUT2D eigenvalue weighted by molar-refractivity contribution is -0.183. The van der Waals surface area contributed by atoms with Crippen molar-refractivity contribution in [3.05, 3.63) is 21.9 Å². The van der Waals surface area contributed by atoms with Crippen molar-refractivity contribution in [2.45, 2.75) is 32.0 Å². The third-order valence-corrected chi connectivity index (χ3v) is 4.88. The fourth-order valence-corrected chi connectivity index (χ4v) is 3.64. The molecule has 1 saturated heterocycles. The zero-order valence-electron chi connectivity index (χ0n) is 13.7. The zero-order chi connectivity index (χ0) is 17.0. The number of halogens is 4. The van der Waals surface area contributed by atoms with Crippen molar-refractivity contribution in [2.24, 2.45) is 0 Å². The van der Waals surface area contributed by atoms with E-state index >= 15 is 0 Å². The van der Waals surface area contributed by atoms with E-state index in [1.54, 1.807) is 5.38 Å². The summed E-state index contributed by atoms with van der Waals surface area (Å²) in [6.07, 6.45) is -4.36. The molecule has 2 rings (SSSR count). The Balaban J connectivity index is 0.00000288. The minimum Gasteiger partial charge on any atom is -0.349 e. The molecule has 2 heterocycles. The van der Waals surface area contributed by atoms with Crippen LogP contribution in [0.4, 0.5) is 13.2 Å². The first-order chi connectivity index (χ1) is 10.8. The van der Waals surface area contributed by atoms with Crippen LogP contribution in [0, 0.1) is 0 Å². The van der Waals surface area contributed by atoms with Crippen molar-refractivity contribution in [2.75, 3.05) is 32.7 Å². The molecule has 24 heavy (non-hydrogen) atoms. The summed E-state index contributed by atoms with van der Waals surface area (Å²) < 4.78 is 39.9. The van der Waals surface area contributed by atoms with Gasteiger partial charge in [-0.15, -0.1) is 23.7 Å². The number of rotatable bonds is 5. The molecule has 1 fully saturated rings. The molecule has 0 bridgehead atoms. The summed E-state index contributed by atoms with van der Waals surface area (Å²) in [5.41, 5.74) is 0.873. The number of nitrogens with one attached hydrogen (secondary N) is 2. The van der Waals surface area contributed by atoms with Crippen molar-refractivity contribution in [1.29, 1.82) is 0 Å². The van der Waals surface area contributed by atoms with Gasteiger partial charge in [0.1, 0.15) is 6.04 Å². The molecule has 138 valence electrons. The molecule has 4 nitrogen and oxygen atoms in total. The first-order valence-corrected chi connectivity index (χ1v) is 8.55. The van der Waals surface area contributed by atoms with Gasteiger partial charge in [0.2, 0.25) is 0 Å². The number of carbonyl (C=O) groups is 1. The number of alkyl halides is 3. The van der Waals surface area contributed by atoms with Gasteiger partial charge in [-0.2, -0.15) is 13.2 Å². The topological polar surface area (TPSA) is 44.4 Å². The van der Waals surface area contributed by atoms with Crippen LogP contribution in [0.5, 0.6) is 0 Å². The predicted molar refractivity (Wildman–Crippen MR) is 92.3 cm³/mol. The Morgan fingerprint density at radius 3 is 2.54 bits per heavy atom. The van der Waals surface area contributed by atoms with Gasteiger partial charge in [0.15, 0.2) is 0 Å². The van der Waals surface area contributed by atoms with Crippen LogP contribution in [0.15, 0.2) is 11.4 Å². The number of thiophene rings is 1. The number of carbonyl (C=O) groups excluding carboxylic acids is 1. The van der Waals surface area contributed by atoms with Crippen molar-refractivity contribution in [3.8, 4) is 0 Å². The van der Waals surface area contributed by atoms with Crippen molar-refractivity contribution < 1.29 is 18.0 Å². The van der Waals surface area contributed by atoms with Gasteiger partial charge in [-0.05, 0) is 22.9 Å². The number of piperazine rings is 1. The van der Waals surface area contributed by atoms with Crippen molar-refractivity contribution in [3.63, 3.8) is 0 Å². The summed E-state index contributed by atoms with van der Waals surface area (Å²) in [6.45, 7) is 5.21. The highest BCUT2D eigenvalue weighted by atomic mass is 35.5. The van der Waals surface area contributed by atoms with Crippen LogP contribution in [-0.2, 0) is 0 Å². The molecule has 1 unspecified atom stereocenters. The Labute approximate surface area is 150 Å². The van der Waals surface area contributed by atoms with E-state index in [0.717, 1.165) is 5.56 Å². The molecule has 2 N–H and O–H groups in total. The van der Waals surface area contributed by atoms with E-state index in [2.05, 4.69) is 10.6 Å². The van der Waals surface area contributed by atoms with Crippen LogP contribution < -0.4 is 10.6 Å². The number of hydrogen-bond acceptors (Lipinski definition) is 4. The molecule has 1 aromatic rings. The van der Waals surface area contributed by atoms with Gasteiger partial charge < -0.3 is 10.6 Å². The van der Waals surface area contributed by atoms with Crippen molar-refractivity contribution in [1.82, 2.24) is 15.5 Å². The van der Waals surface area contributed by atoms with E-state index in [-0.39, 0.29) is 18.3 Å². The summed E-state index contributed by atoms with van der Waals surface area (Å²) in [6, 6.07) is 0.206. The van der Waals surface area contributed by atoms with E-state index in [4.69, 9.17) is 0 Å². The lowest BCUT2D eigenvalue weighted by Gasteiger charge is -2.35. The minimum atomic E-state index is -4.36. The molecule has 0 aliphatic carbocycles. The Bertz CT molecular complexity index is 530. The summed E-state index contributed by atoms with van der Waals surface area (Å²) in [7, 11) is 0. The molecule has 0 aromatic carbocycles. The van der Waals surface area contributed by atoms with Gasteiger partial charge in [0.05, 0.1) is 4.88 Å². The molecule has 1 aliphatic heterocycles. The number of nitrogens with zero attached hydrogens (tertiary/aromatic N) is 1. The van der Waals surface area contributed by atoms with E-state index in [1.807, 2.05) is 19.9 Å². The molecule has 1 aromatic heterocycles. The van der Waals surface area contributed by atoms with Gasteiger partial charge in [0.25, 0.3) is 5.91 Å². The smallest absolute Gasteiger partial charge is 0.349 e. The van der Waals surface area contributed by atoms with Gasteiger partial charge in [-0.1, -0.05) is 13.8 Å². The lowest BCUT2D eigenvalue weighted by Crippen LogP contribution is -2.57. The molecule has 1 amide bonds. The molecule has 1 aliphatic rings. The first kappa shape index (κ1) is 21.2. The second-order valence-electron chi connectivity index (χ2n) is 5.91. The molecule has 1 atom stereocenters. The maximum atomic E-state index is 13.3. The molecular weight excluding hydrogens is 363 g/mol. The Hall–Kier alpha value is -0.830. The third-order valence-electron chi connectivity index (χ3n) is 3.95. The molecule has 0 saturated carbocycles. The van der Waals surface area contributed by atoms with Crippen LogP contribution in [0.3, 0.4) is 0 Å². The molecule has 0 spiro atoms. The fraction of sp³-hybridized carbons (Fsp3) is 0.667. The van der Waals surface area contributed by atoms with Crippen LogP contribution in [0.2, 0.25) is 0 Å². The highest BCUT2D eigenvalue weighted by molar-refractivity contribution is 7.12. The summed E-state index contributed by atoms with van der Waals surface area (Å²) in [4.78, 5) is 14.1. The summed E-state index contributed by atoms with van der Waals surface area (Å²) >= 11 is 1.26. The normalized spacial score (nSPS) is 17.4. The van der Waals surface area contributed by atoms with Gasteiger partial charge >= 0.3 is 6.18 Å². The Kier molecular flexibility index (Phi) is 7.98. The zero-order valence-corrected chi connectivity index (χ0v) is 15.3. The van der Waals surface area contributed by atoms with Gasteiger partial charge in [0, 0.05) is 32.7 Å². The maximum Gasteiger partial charge on any atom is 0.405 e. The summed E-state index contributed by atoms with van der Waals surface area (Å²) in [5, 5.41) is 7.30. The Morgan fingerprint density at radius 2 is 2.00 bits per heavy atom. The monoisotopic (exact) mass is 385 g/mol. The van der Waals surface area contributed by atoms with Crippen LogP contribution in [0.25, 0.3) is 0 Å². The van der Waals surface area contributed by atoms with E-state index in [9.17, 15) is 18.0 Å². The van der Waals surface area contributed by atoms with Gasteiger partial charge in [-0.25, -0.2) is 0 Å². The second-order valence-corrected chi connectivity index (χ2v) is 6.83. The number of amides is 1.